The maximum absolute atomic E-state index is 9.39. The topological polar surface area (TPSA) is 40.5 Å². The van der Waals surface area contributed by atoms with Crippen LogP contribution in [0.15, 0.2) is 22.7 Å². The van der Waals surface area contributed by atoms with Crippen molar-refractivity contribution in [3.8, 4) is 10.8 Å². The number of hydrogen-bond acceptors (Lipinski definition) is 3. The fourth-order valence-corrected chi connectivity index (χ4v) is 2.48. The van der Waals surface area contributed by atoms with Crippen LogP contribution in [0.25, 0.3) is 10.1 Å². The summed E-state index contributed by atoms with van der Waals surface area (Å²) in [6.07, 6.45) is 0. The van der Waals surface area contributed by atoms with E-state index in [0.717, 1.165) is 9.86 Å². The number of hydrogen-bond donors (Lipinski definition) is 2. The summed E-state index contributed by atoms with van der Waals surface area (Å²) in [6, 6.07) is 4.98. The van der Waals surface area contributed by atoms with E-state index in [1.54, 1.807) is 18.2 Å². The van der Waals surface area contributed by atoms with Gasteiger partial charge < -0.3 is 10.2 Å². The fourth-order valence-electron chi connectivity index (χ4n) is 1.06. The lowest BCUT2D eigenvalue weighted by Crippen LogP contribution is -1.67. The van der Waals surface area contributed by atoms with E-state index in [4.69, 9.17) is 0 Å². The van der Waals surface area contributed by atoms with E-state index in [9.17, 15) is 10.2 Å². The van der Waals surface area contributed by atoms with Gasteiger partial charge in [0.05, 0.1) is 4.70 Å². The van der Waals surface area contributed by atoms with E-state index in [1.165, 1.54) is 11.3 Å². The molecule has 1 aromatic carbocycles. The summed E-state index contributed by atoms with van der Waals surface area (Å²) in [4.78, 5) is 0. The Morgan fingerprint density at radius 1 is 1.25 bits per heavy atom. The van der Waals surface area contributed by atoms with E-state index < -0.39 is 0 Å². The highest BCUT2D eigenvalue weighted by atomic mass is 79.9. The summed E-state index contributed by atoms with van der Waals surface area (Å²) in [5, 5.41) is 19.6. The van der Waals surface area contributed by atoms with Gasteiger partial charge in [0.2, 0.25) is 0 Å². The Hall–Kier alpha value is -0.740. The smallest absolute Gasteiger partial charge is 0.172 e. The zero-order valence-corrected chi connectivity index (χ0v) is 8.32. The third kappa shape index (κ3) is 1.07. The second kappa shape index (κ2) is 2.64. The number of thiophene rings is 1. The first kappa shape index (κ1) is 7.89. The second-order valence-electron chi connectivity index (χ2n) is 2.39. The van der Waals surface area contributed by atoms with Gasteiger partial charge in [-0.05, 0) is 12.1 Å². The third-order valence-electron chi connectivity index (χ3n) is 1.60. The molecule has 0 radical (unpaired) electrons. The first-order valence-electron chi connectivity index (χ1n) is 3.28. The number of aromatic hydroxyl groups is 2. The van der Waals surface area contributed by atoms with Crippen LogP contribution in [0.3, 0.4) is 0 Å². The van der Waals surface area contributed by atoms with Gasteiger partial charge in [0.25, 0.3) is 0 Å². The van der Waals surface area contributed by atoms with Crippen molar-refractivity contribution in [2.75, 3.05) is 0 Å². The largest absolute Gasteiger partial charge is 0.506 e. The van der Waals surface area contributed by atoms with Gasteiger partial charge in [0.15, 0.2) is 5.06 Å². The number of rotatable bonds is 0. The Bertz CT molecular complexity index is 397. The molecule has 0 saturated heterocycles. The van der Waals surface area contributed by atoms with Crippen LogP contribution >= 0.6 is 27.3 Å². The lowest BCUT2D eigenvalue weighted by atomic mass is 10.2. The maximum Gasteiger partial charge on any atom is 0.172 e. The molecule has 0 atom stereocenters. The van der Waals surface area contributed by atoms with Crippen molar-refractivity contribution in [3.63, 3.8) is 0 Å². The molecule has 1 aromatic heterocycles. The molecule has 12 heavy (non-hydrogen) atoms. The molecular formula is C8H5BrO2S. The first-order valence-corrected chi connectivity index (χ1v) is 4.89. The molecule has 0 unspecified atom stereocenters. The summed E-state index contributed by atoms with van der Waals surface area (Å²) in [5.41, 5.74) is 0. The molecule has 2 N–H and O–H groups in total. The van der Waals surface area contributed by atoms with Crippen molar-refractivity contribution in [2.24, 2.45) is 0 Å². The monoisotopic (exact) mass is 244 g/mol. The molecular weight excluding hydrogens is 240 g/mol. The zero-order valence-electron chi connectivity index (χ0n) is 5.91. The summed E-state index contributed by atoms with van der Waals surface area (Å²) in [7, 11) is 0. The number of halogens is 1. The van der Waals surface area contributed by atoms with E-state index in [0.29, 0.717) is 4.70 Å². The molecule has 0 spiro atoms. The van der Waals surface area contributed by atoms with Gasteiger partial charge in [-0.25, -0.2) is 0 Å². The Labute approximate surface area is 81.2 Å². The molecule has 0 aliphatic carbocycles. The minimum atomic E-state index is 0.207. The number of benzene rings is 1. The molecule has 0 aliphatic heterocycles. The lowest BCUT2D eigenvalue weighted by molar-refractivity contribution is 0.482. The average molecular weight is 245 g/mol. The molecule has 2 aromatic rings. The SMILES string of the molecule is Oc1cc2c(Br)ccc(O)c2s1. The van der Waals surface area contributed by atoms with Gasteiger partial charge in [-0.15, -0.1) is 0 Å². The lowest BCUT2D eigenvalue weighted by Gasteiger charge is -1.94. The molecule has 0 saturated carbocycles. The molecule has 0 amide bonds. The average Bonchev–Trinajstić information content (AvgIpc) is 2.41. The van der Waals surface area contributed by atoms with E-state index >= 15 is 0 Å². The van der Waals surface area contributed by atoms with Gasteiger partial charge >= 0.3 is 0 Å². The van der Waals surface area contributed by atoms with Crippen LogP contribution < -0.4 is 0 Å². The number of phenolic OH excluding ortho intramolecular Hbond substituents is 1. The molecule has 4 heteroatoms. The standard InChI is InChI=1S/C8H5BrO2S/c9-5-1-2-6(10)8-4(5)3-7(11)12-8/h1-3,10-11H. The normalized spacial score (nSPS) is 10.8. The predicted molar refractivity (Wildman–Crippen MR) is 52.9 cm³/mol. The molecule has 0 aliphatic rings. The predicted octanol–water partition coefficient (Wildman–Crippen LogP) is 3.07. The van der Waals surface area contributed by atoms with Crippen molar-refractivity contribution in [3.05, 3.63) is 22.7 Å². The van der Waals surface area contributed by atoms with Crippen molar-refractivity contribution < 1.29 is 10.2 Å². The van der Waals surface area contributed by atoms with Crippen LogP contribution in [0.1, 0.15) is 0 Å². The molecule has 0 fully saturated rings. The van der Waals surface area contributed by atoms with Crippen LogP contribution in [0.5, 0.6) is 10.8 Å². The Morgan fingerprint density at radius 3 is 2.67 bits per heavy atom. The van der Waals surface area contributed by atoms with Gasteiger partial charge in [-0.3, -0.25) is 0 Å². The van der Waals surface area contributed by atoms with E-state index in [-0.39, 0.29) is 10.8 Å². The van der Waals surface area contributed by atoms with Crippen LogP contribution in [-0.4, -0.2) is 10.2 Å². The summed E-state index contributed by atoms with van der Waals surface area (Å²) >= 11 is 4.50. The molecule has 62 valence electrons. The van der Waals surface area contributed by atoms with Crippen LogP contribution in [0.4, 0.5) is 0 Å². The van der Waals surface area contributed by atoms with Gasteiger partial charge in [0.1, 0.15) is 5.75 Å². The van der Waals surface area contributed by atoms with Gasteiger partial charge in [-0.2, -0.15) is 0 Å². The maximum atomic E-state index is 9.39. The zero-order chi connectivity index (χ0) is 8.72. The quantitative estimate of drug-likeness (QED) is 0.748. The van der Waals surface area contributed by atoms with E-state index in [2.05, 4.69) is 15.9 Å². The van der Waals surface area contributed by atoms with Crippen LogP contribution in [-0.2, 0) is 0 Å². The Morgan fingerprint density at radius 2 is 2.00 bits per heavy atom. The van der Waals surface area contributed by atoms with Crippen molar-refractivity contribution in [1.29, 1.82) is 0 Å². The Balaban J connectivity index is 2.93. The van der Waals surface area contributed by atoms with Crippen LogP contribution in [0.2, 0.25) is 0 Å². The van der Waals surface area contributed by atoms with Crippen LogP contribution in [0, 0.1) is 0 Å². The molecule has 2 rings (SSSR count). The molecule has 0 bridgehead atoms. The first-order chi connectivity index (χ1) is 5.68. The minimum Gasteiger partial charge on any atom is -0.506 e. The van der Waals surface area contributed by atoms with Gasteiger partial charge in [0, 0.05) is 15.9 Å². The fraction of sp³-hybridized carbons (Fsp3) is 0. The Kier molecular flexibility index (Phi) is 1.73. The minimum absolute atomic E-state index is 0.207. The number of phenols is 1. The highest BCUT2D eigenvalue weighted by molar-refractivity contribution is 9.10. The molecule has 1 heterocycles. The highest BCUT2D eigenvalue weighted by Crippen LogP contribution is 2.40. The highest BCUT2D eigenvalue weighted by Gasteiger charge is 2.07. The third-order valence-corrected chi connectivity index (χ3v) is 3.25. The van der Waals surface area contributed by atoms with E-state index in [1.807, 2.05) is 0 Å². The summed E-state index contributed by atoms with van der Waals surface area (Å²) < 4.78 is 1.59. The van der Waals surface area contributed by atoms with Crippen molar-refractivity contribution in [1.82, 2.24) is 0 Å². The summed E-state index contributed by atoms with van der Waals surface area (Å²) in [6.45, 7) is 0. The van der Waals surface area contributed by atoms with Gasteiger partial charge in [-0.1, -0.05) is 27.3 Å². The number of fused-ring (bicyclic) bond motifs is 1. The van der Waals surface area contributed by atoms with Crippen molar-refractivity contribution >= 4 is 37.4 Å². The summed E-state index contributed by atoms with van der Waals surface area (Å²) in [5.74, 6) is 0.207. The van der Waals surface area contributed by atoms with Crippen molar-refractivity contribution in [2.45, 2.75) is 0 Å². The second-order valence-corrected chi connectivity index (χ2v) is 4.28. The molecule has 2 nitrogen and oxygen atoms in total.